The SMILES string of the molecule is O=C(O)CCCS(=O)(=O)N1CCC2(CCCCC2)CC1. The lowest BCUT2D eigenvalue weighted by Crippen LogP contribution is -2.44. The third-order valence-corrected chi connectivity index (χ3v) is 6.84. The number of piperidine rings is 1. The average Bonchev–Trinajstić information content (AvgIpc) is 2.39. The molecule has 1 heterocycles. The summed E-state index contributed by atoms with van der Waals surface area (Å²) < 4.78 is 25.9. The van der Waals surface area contributed by atoms with E-state index in [4.69, 9.17) is 5.11 Å². The maximum Gasteiger partial charge on any atom is 0.303 e. The molecular formula is C14H25NO4S. The van der Waals surface area contributed by atoms with Gasteiger partial charge in [0.05, 0.1) is 5.75 Å². The molecule has 1 spiro atoms. The molecular weight excluding hydrogens is 278 g/mol. The van der Waals surface area contributed by atoms with Crippen molar-refractivity contribution >= 4 is 16.0 Å². The Morgan fingerprint density at radius 2 is 1.65 bits per heavy atom. The van der Waals surface area contributed by atoms with E-state index in [0.29, 0.717) is 18.5 Å². The van der Waals surface area contributed by atoms with E-state index in [0.717, 1.165) is 12.8 Å². The van der Waals surface area contributed by atoms with Gasteiger partial charge in [-0.2, -0.15) is 0 Å². The fourth-order valence-corrected chi connectivity index (χ4v) is 5.08. The van der Waals surface area contributed by atoms with Crippen molar-refractivity contribution in [2.24, 2.45) is 5.41 Å². The standard InChI is InChI=1S/C14H25NO4S/c16-13(17)5-4-12-20(18,19)15-10-8-14(9-11-15)6-2-1-3-7-14/h1-12H2,(H,16,17). The summed E-state index contributed by atoms with van der Waals surface area (Å²) in [5.74, 6) is -0.966. The average molecular weight is 303 g/mol. The van der Waals surface area contributed by atoms with Gasteiger partial charge in [0, 0.05) is 19.5 Å². The predicted octanol–water partition coefficient (Wildman–Crippen LogP) is 2.23. The zero-order chi connectivity index (χ0) is 14.6. The molecule has 1 N–H and O–H groups in total. The summed E-state index contributed by atoms with van der Waals surface area (Å²) in [5, 5.41) is 8.58. The Morgan fingerprint density at radius 3 is 2.20 bits per heavy atom. The summed E-state index contributed by atoms with van der Waals surface area (Å²) in [7, 11) is -3.26. The topological polar surface area (TPSA) is 74.7 Å². The first-order chi connectivity index (χ1) is 9.44. The van der Waals surface area contributed by atoms with Crippen LogP contribution in [0.3, 0.4) is 0 Å². The van der Waals surface area contributed by atoms with Gasteiger partial charge >= 0.3 is 5.97 Å². The Labute approximate surface area is 121 Å². The number of hydrogen-bond donors (Lipinski definition) is 1. The van der Waals surface area contributed by atoms with Gasteiger partial charge in [-0.1, -0.05) is 19.3 Å². The van der Waals surface area contributed by atoms with E-state index in [1.165, 1.54) is 32.1 Å². The predicted molar refractivity (Wildman–Crippen MR) is 77.0 cm³/mol. The number of carboxylic acid groups (broad SMARTS) is 1. The van der Waals surface area contributed by atoms with Crippen molar-refractivity contribution in [2.45, 2.75) is 57.8 Å². The summed E-state index contributed by atoms with van der Waals surface area (Å²) in [6, 6.07) is 0. The molecule has 0 unspecified atom stereocenters. The summed E-state index contributed by atoms with van der Waals surface area (Å²) >= 11 is 0. The van der Waals surface area contributed by atoms with E-state index in [1.54, 1.807) is 4.31 Å². The van der Waals surface area contributed by atoms with Crippen LogP contribution in [0.4, 0.5) is 0 Å². The van der Waals surface area contributed by atoms with Crippen LogP contribution < -0.4 is 0 Å². The maximum absolute atomic E-state index is 12.2. The molecule has 0 bridgehead atoms. The molecule has 6 heteroatoms. The van der Waals surface area contributed by atoms with Crippen LogP contribution in [0.1, 0.15) is 57.8 Å². The third kappa shape index (κ3) is 3.95. The highest BCUT2D eigenvalue weighted by atomic mass is 32.2. The van der Waals surface area contributed by atoms with Gasteiger partial charge in [-0.05, 0) is 37.5 Å². The Morgan fingerprint density at radius 1 is 1.05 bits per heavy atom. The molecule has 1 aliphatic heterocycles. The third-order valence-electron chi connectivity index (χ3n) is 4.88. The molecule has 2 aliphatic rings. The summed E-state index contributed by atoms with van der Waals surface area (Å²) in [6.07, 6.45) is 8.47. The molecule has 0 amide bonds. The number of nitrogens with zero attached hydrogens (tertiary/aromatic N) is 1. The molecule has 0 atom stereocenters. The summed E-state index contributed by atoms with van der Waals surface area (Å²) in [4.78, 5) is 10.5. The number of sulfonamides is 1. The molecule has 2 rings (SSSR count). The zero-order valence-corrected chi connectivity index (χ0v) is 12.8. The van der Waals surface area contributed by atoms with Gasteiger partial charge in [0.1, 0.15) is 0 Å². The van der Waals surface area contributed by atoms with Gasteiger partial charge in [0.2, 0.25) is 10.0 Å². The Balaban J connectivity index is 1.84. The van der Waals surface area contributed by atoms with Gasteiger partial charge in [-0.3, -0.25) is 4.79 Å². The largest absolute Gasteiger partial charge is 0.481 e. The van der Waals surface area contributed by atoms with Crippen LogP contribution in [0.2, 0.25) is 0 Å². The molecule has 0 aromatic carbocycles. The smallest absolute Gasteiger partial charge is 0.303 e. The molecule has 2 fully saturated rings. The van der Waals surface area contributed by atoms with Crippen LogP contribution in [0.5, 0.6) is 0 Å². The van der Waals surface area contributed by atoms with E-state index in [-0.39, 0.29) is 18.6 Å². The Bertz CT molecular complexity index is 430. The second kappa shape index (κ2) is 6.43. The van der Waals surface area contributed by atoms with Crippen LogP contribution in [-0.2, 0) is 14.8 Å². The highest BCUT2D eigenvalue weighted by Gasteiger charge is 2.38. The molecule has 0 radical (unpaired) electrons. The monoisotopic (exact) mass is 303 g/mol. The summed E-state index contributed by atoms with van der Waals surface area (Å²) in [5.41, 5.74) is 0.394. The first kappa shape index (κ1) is 15.8. The van der Waals surface area contributed by atoms with Crippen LogP contribution in [0.15, 0.2) is 0 Å². The normalized spacial score (nSPS) is 23.8. The second-order valence-electron chi connectivity index (χ2n) is 6.27. The fourth-order valence-electron chi connectivity index (χ4n) is 3.58. The van der Waals surface area contributed by atoms with Crippen LogP contribution in [0, 0.1) is 5.41 Å². The minimum atomic E-state index is -3.26. The van der Waals surface area contributed by atoms with Crippen molar-refractivity contribution in [3.8, 4) is 0 Å². The Kier molecular flexibility index (Phi) is 5.07. The van der Waals surface area contributed by atoms with Crippen molar-refractivity contribution in [2.75, 3.05) is 18.8 Å². The molecule has 0 aromatic heterocycles. The molecule has 5 nitrogen and oxygen atoms in total. The molecule has 1 saturated carbocycles. The molecule has 1 saturated heterocycles. The van der Waals surface area contributed by atoms with Gasteiger partial charge in [0.15, 0.2) is 0 Å². The van der Waals surface area contributed by atoms with Gasteiger partial charge in [-0.25, -0.2) is 12.7 Å². The molecule has 20 heavy (non-hydrogen) atoms. The zero-order valence-electron chi connectivity index (χ0n) is 12.0. The lowest BCUT2D eigenvalue weighted by Gasteiger charge is -2.43. The van der Waals surface area contributed by atoms with E-state index in [2.05, 4.69) is 0 Å². The first-order valence-electron chi connectivity index (χ1n) is 7.63. The second-order valence-corrected chi connectivity index (χ2v) is 8.36. The number of rotatable bonds is 5. The van der Waals surface area contributed by atoms with Crippen LogP contribution >= 0.6 is 0 Å². The van der Waals surface area contributed by atoms with Crippen molar-refractivity contribution in [1.82, 2.24) is 4.31 Å². The molecule has 116 valence electrons. The van der Waals surface area contributed by atoms with E-state index >= 15 is 0 Å². The van der Waals surface area contributed by atoms with E-state index in [1.807, 2.05) is 0 Å². The minimum absolute atomic E-state index is 0.0354. The highest BCUT2D eigenvalue weighted by molar-refractivity contribution is 7.89. The van der Waals surface area contributed by atoms with Crippen LogP contribution in [-0.4, -0.2) is 42.6 Å². The highest BCUT2D eigenvalue weighted by Crippen LogP contribution is 2.44. The lowest BCUT2D eigenvalue weighted by molar-refractivity contribution is -0.137. The lowest BCUT2D eigenvalue weighted by atomic mass is 9.68. The minimum Gasteiger partial charge on any atom is -0.481 e. The molecule has 0 aromatic rings. The maximum atomic E-state index is 12.2. The van der Waals surface area contributed by atoms with Gasteiger partial charge in [-0.15, -0.1) is 0 Å². The number of carboxylic acids is 1. The number of carbonyl (C=O) groups is 1. The number of aliphatic carboxylic acids is 1. The number of hydrogen-bond acceptors (Lipinski definition) is 3. The van der Waals surface area contributed by atoms with E-state index < -0.39 is 16.0 Å². The Hall–Kier alpha value is -0.620. The van der Waals surface area contributed by atoms with E-state index in [9.17, 15) is 13.2 Å². The van der Waals surface area contributed by atoms with Gasteiger partial charge in [0.25, 0.3) is 0 Å². The first-order valence-corrected chi connectivity index (χ1v) is 9.24. The van der Waals surface area contributed by atoms with Crippen molar-refractivity contribution in [3.05, 3.63) is 0 Å². The quantitative estimate of drug-likeness (QED) is 0.845. The van der Waals surface area contributed by atoms with Crippen LogP contribution in [0.25, 0.3) is 0 Å². The molecule has 1 aliphatic carbocycles. The fraction of sp³-hybridized carbons (Fsp3) is 0.929. The van der Waals surface area contributed by atoms with Gasteiger partial charge < -0.3 is 5.11 Å². The van der Waals surface area contributed by atoms with Crippen molar-refractivity contribution < 1.29 is 18.3 Å². The van der Waals surface area contributed by atoms with Crippen molar-refractivity contribution in [1.29, 1.82) is 0 Å². The van der Waals surface area contributed by atoms with Crippen molar-refractivity contribution in [3.63, 3.8) is 0 Å². The summed E-state index contributed by atoms with van der Waals surface area (Å²) in [6.45, 7) is 1.24.